The summed E-state index contributed by atoms with van der Waals surface area (Å²) in [5.74, 6) is 5.07. The van der Waals surface area contributed by atoms with E-state index in [1.54, 1.807) is 12.1 Å². The molecular formula is C10H15N5O3. The highest BCUT2D eigenvalue weighted by Crippen LogP contribution is 2.31. The van der Waals surface area contributed by atoms with Crippen LogP contribution in [0.15, 0.2) is 18.2 Å². The maximum absolute atomic E-state index is 11.0. The van der Waals surface area contributed by atoms with E-state index in [1.165, 1.54) is 13.1 Å². The third kappa shape index (κ3) is 3.32. The number of nitrogens with one attached hydrogen (secondary N) is 3. The number of carbonyl (C=O) groups is 1. The second-order valence-corrected chi connectivity index (χ2v) is 3.45. The third-order valence-electron chi connectivity index (χ3n) is 2.32. The van der Waals surface area contributed by atoms with Gasteiger partial charge in [0.15, 0.2) is 0 Å². The summed E-state index contributed by atoms with van der Waals surface area (Å²) in [4.78, 5) is 21.4. The number of amides is 1. The van der Waals surface area contributed by atoms with Gasteiger partial charge in [-0.3, -0.25) is 20.8 Å². The summed E-state index contributed by atoms with van der Waals surface area (Å²) < 4.78 is 0. The first-order valence-corrected chi connectivity index (χ1v) is 5.28. The molecular weight excluding hydrogens is 238 g/mol. The van der Waals surface area contributed by atoms with Crippen molar-refractivity contribution < 1.29 is 9.72 Å². The van der Waals surface area contributed by atoms with Crippen LogP contribution < -0.4 is 21.9 Å². The minimum atomic E-state index is -0.530. The smallest absolute Gasteiger partial charge is 0.316 e. The Morgan fingerprint density at radius 1 is 1.44 bits per heavy atom. The topological polar surface area (TPSA) is 122 Å². The number of hydrogen-bond donors (Lipinski definition) is 4. The highest BCUT2D eigenvalue weighted by molar-refractivity contribution is 5.78. The van der Waals surface area contributed by atoms with Gasteiger partial charge in [0.1, 0.15) is 11.4 Å². The van der Waals surface area contributed by atoms with Crippen LogP contribution in [0.25, 0.3) is 0 Å². The third-order valence-corrected chi connectivity index (χ3v) is 2.32. The number of nitrogens with two attached hydrogens (primary N) is 1. The number of hydrogen-bond acceptors (Lipinski definition) is 6. The first kappa shape index (κ1) is 13.7. The lowest BCUT2D eigenvalue weighted by molar-refractivity contribution is -0.383. The van der Waals surface area contributed by atoms with Gasteiger partial charge in [-0.15, -0.1) is 0 Å². The molecule has 1 rings (SSSR count). The van der Waals surface area contributed by atoms with Crippen molar-refractivity contribution in [3.63, 3.8) is 0 Å². The molecule has 0 atom stereocenters. The minimum absolute atomic E-state index is 0.141. The standard InChI is InChI=1S/C10H15N5O3/c1-12-9(16)5-6-13-7-3-2-4-8(14-11)10(7)15(17)18/h2-4,13-14H,5-6,11H2,1H3,(H,12,16). The fourth-order valence-electron chi connectivity index (χ4n) is 1.44. The molecule has 1 aromatic rings. The Labute approximate surface area is 104 Å². The SMILES string of the molecule is CNC(=O)CCNc1cccc(NN)c1[N+](=O)[O-]. The molecule has 0 radical (unpaired) electrons. The molecule has 1 amide bonds. The van der Waals surface area contributed by atoms with Crippen LogP contribution in [0.3, 0.4) is 0 Å². The fourth-order valence-corrected chi connectivity index (χ4v) is 1.44. The number of nitro groups is 1. The molecule has 5 N–H and O–H groups in total. The van der Waals surface area contributed by atoms with Gasteiger partial charge in [-0.2, -0.15) is 0 Å². The second-order valence-electron chi connectivity index (χ2n) is 3.45. The number of anilines is 2. The Morgan fingerprint density at radius 2 is 2.11 bits per heavy atom. The Hall–Kier alpha value is -2.35. The van der Waals surface area contributed by atoms with Crippen LogP contribution in [0.4, 0.5) is 17.1 Å². The molecule has 1 aromatic carbocycles. The molecule has 0 spiro atoms. The summed E-state index contributed by atoms with van der Waals surface area (Å²) in [6.07, 6.45) is 0.230. The number of nitro benzene ring substituents is 1. The maximum atomic E-state index is 11.0. The molecule has 0 unspecified atom stereocenters. The highest BCUT2D eigenvalue weighted by atomic mass is 16.6. The lowest BCUT2D eigenvalue weighted by Gasteiger charge is -2.09. The predicted molar refractivity (Wildman–Crippen MR) is 68.1 cm³/mol. The number of rotatable bonds is 6. The molecule has 0 aliphatic carbocycles. The lowest BCUT2D eigenvalue weighted by Crippen LogP contribution is -2.21. The van der Waals surface area contributed by atoms with Gasteiger partial charge in [0, 0.05) is 20.0 Å². The van der Waals surface area contributed by atoms with Crippen LogP contribution in [0, 0.1) is 10.1 Å². The first-order chi connectivity index (χ1) is 8.60. The molecule has 0 bridgehead atoms. The van der Waals surface area contributed by atoms with E-state index in [2.05, 4.69) is 16.1 Å². The molecule has 8 nitrogen and oxygen atoms in total. The molecule has 0 heterocycles. The summed E-state index contributed by atoms with van der Waals surface area (Å²) in [5, 5.41) is 16.2. The van der Waals surface area contributed by atoms with Crippen LogP contribution in [-0.4, -0.2) is 24.4 Å². The van der Waals surface area contributed by atoms with Crippen molar-refractivity contribution in [2.45, 2.75) is 6.42 Å². The summed E-state index contributed by atoms with van der Waals surface area (Å²) in [6, 6.07) is 4.69. The zero-order valence-corrected chi connectivity index (χ0v) is 9.90. The van der Waals surface area contributed by atoms with Crippen molar-refractivity contribution in [2.75, 3.05) is 24.3 Å². The zero-order valence-electron chi connectivity index (χ0n) is 9.90. The number of benzene rings is 1. The van der Waals surface area contributed by atoms with Gasteiger partial charge in [-0.25, -0.2) is 0 Å². The molecule has 0 aromatic heterocycles. The van der Waals surface area contributed by atoms with Gasteiger partial charge >= 0.3 is 5.69 Å². The first-order valence-electron chi connectivity index (χ1n) is 5.28. The largest absolute Gasteiger partial charge is 0.379 e. The average Bonchev–Trinajstić information content (AvgIpc) is 2.37. The Balaban J connectivity index is 2.82. The van der Waals surface area contributed by atoms with E-state index in [0.717, 1.165) is 0 Å². The quantitative estimate of drug-likeness (QED) is 0.331. The number of nitrogen functional groups attached to an aromatic ring is 1. The van der Waals surface area contributed by atoms with E-state index in [1.807, 2.05) is 0 Å². The van der Waals surface area contributed by atoms with E-state index in [-0.39, 0.29) is 23.7 Å². The second kappa shape index (κ2) is 6.40. The van der Waals surface area contributed by atoms with Crippen molar-refractivity contribution in [1.29, 1.82) is 0 Å². The summed E-state index contributed by atoms with van der Waals surface area (Å²) in [6.45, 7) is 0.300. The van der Waals surface area contributed by atoms with E-state index < -0.39 is 4.92 Å². The molecule has 0 aliphatic rings. The van der Waals surface area contributed by atoms with Crippen LogP contribution in [-0.2, 0) is 4.79 Å². The molecule has 98 valence electrons. The number of para-hydroxylation sites is 1. The Bertz CT molecular complexity index is 449. The van der Waals surface area contributed by atoms with E-state index in [4.69, 9.17) is 5.84 Å². The van der Waals surface area contributed by atoms with Crippen molar-refractivity contribution >= 4 is 23.0 Å². The fraction of sp³-hybridized carbons (Fsp3) is 0.300. The van der Waals surface area contributed by atoms with Gasteiger partial charge in [0.2, 0.25) is 5.91 Å². The van der Waals surface area contributed by atoms with Crippen molar-refractivity contribution in [3.05, 3.63) is 28.3 Å². The average molecular weight is 253 g/mol. The number of nitrogens with zero attached hydrogens (tertiary/aromatic N) is 1. The summed E-state index contributed by atoms with van der Waals surface area (Å²) in [7, 11) is 1.53. The van der Waals surface area contributed by atoms with Gasteiger partial charge in [0.25, 0.3) is 0 Å². The van der Waals surface area contributed by atoms with E-state index >= 15 is 0 Å². The lowest BCUT2D eigenvalue weighted by atomic mass is 10.2. The predicted octanol–water partition coefficient (Wildman–Crippen LogP) is 0.428. The van der Waals surface area contributed by atoms with Crippen LogP contribution in [0.2, 0.25) is 0 Å². The molecule has 0 fully saturated rings. The Kier molecular flexibility index (Phi) is 4.88. The van der Waals surface area contributed by atoms with Gasteiger partial charge < -0.3 is 16.1 Å². The molecule has 0 aliphatic heterocycles. The molecule has 0 saturated carbocycles. The molecule has 0 saturated heterocycles. The van der Waals surface area contributed by atoms with Gasteiger partial charge in [-0.05, 0) is 12.1 Å². The van der Waals surface area contributed by atoms with Crippen molar-refractivity contribution in [1.82, 2.24) is 5.32 Å². The zero-order chi connectivity index (χ0) is 13.5. The van der Waals surface area contributed by atoms with E-state index in [0.29, 0.717) is 12.2 Å². The summed E-state index contributed by atoms with van der Waals surface area (Å²) >= 11 is 0. The minimum Gasteiger partial charge on any atom is -0.379 e. The highest BCUT2D eigenvalue weighted by Gasteiger charge is 2.18. The van der Waals surface area contributed by atoms with Crippen LogP contribution in [0.5, 0.6) is 0 Å². The van der Waals surface area contributed by atoms with Gasteiger partial charge in [-0.1, -0.05) is 6.07 Å². The number of carbonyl (C=O) groups excluding carboxylic acids is 1. The molecule has 8 heteroatoms. The van der Waals surface area contributed by atoms with Crippen LogP contribution in [0.1, 0.15) is 6.42 Å². The number of hydrazine groups is 1. The Morgan fingerprint density at radius 3 is 2.67 bits per heavy atom. The summed E-state index contributed by atoms with van der Waals surface area (Å²) in [5.41, 5.74) is 2.66. The maximum Gasteiger partial charge on any atom is 0.316 e. The van der Waals surface area contributed by atoms with Crippen molar-refractivity contribution in [3.8, 4) is 0 Å². The van der Waals surface area contributed by atoms with Crippen LogP contribution >= 0.6 is 0 Å². The van der Waals surface area contributed by atoms with Gasteiger partial charge in [0.05, 0.1) is 4.92 Å². The normalized spacial score (nSPS) is 9.67. The molecule has 18 heavy (non-hydrogen) atoms. The van der Waals surface area contributed by atoms with Crippen molar-refractivity contribution in [2.24, 2.45) is 5.84 Å². The van der Waals surface area contributed by atoms with E-state index in [9.17, 15) is 14.9 Å². The monoisotopic (exact) mass is 253 g/mol.